The van der Waals surface area contributed by atoms with E-state index in [9.17, 15) is 43.5 Å². The third-order valence-corrected chi connectivity index (χ3v) is 25.5. The zero-order chi connectivity index (χ0) is 88.2. The highest BCUT2D eigenvalue weighted by molar-refractivity contribution is 9.10. The molecule has 0 unspecified atom stereocenters. The minimum absolute atomic E-state index is 0.0128. The largest absolute Gasteiger partial charge is 0.503 e. The maximum absolute atomic E-state index is 12.6. The zero-order valence-electron chi connectivity index (χ0n) is 72.1. The number of aromatic nitrogens is 16. The van der Waals surface area contributed by atoms with E-state index in [2.05, 4.69) is 163 Å². The van der Waals surface area contributed by atoms with Crippen LogP contribution in [0.1, 0.15) is 205 Å². The van der Waals surface area contributed by atoms with Gasteiger partial charge in [-0.3, -0.25) is 47.5 Å². The van der Waals surface area contributed by atoms with E-state index in [0.29, 0.717) is 56.0 Å². The molecule has 4 saturated carbocycles. The molecule has 4 aliphatic carbocycles. The first-order valence-corrected chi connectivity index (χ1v) is 44.4. The van der Waals surface area contributed by atoms with Crippen LogP contribution in [0.4, 0.5) is 0 Å². The molecule has 654 valence electrons. The Labute approximate surface area is 732 Å². The fourth-order valence-electron chi connectivity index (χ4n) is 19.0. The molecule has 0 radical (unpaired) electrons. The van der Waals surface area contributed by atoms with E-state index >= 15 is 0 Å². The first-order chi connectivity index (χ1) is 60.3. The van der Waals surface area contributed by atoms with Crippen molar-refractivity contribution in [2.45, 2.75) is 221 Å². The number of carbonyl (C=O) groups excluding carboxylic acids is 4. The minimum Gasteiger partial charge on any atom is -0.503 e. The van der Waals surface area contributed by atoms with Crippen LogP contribution in [0.5, 0.6) is 5.75 Å². The van der Waals surface area contributed by atoms with Gasteiger partial charge >= 0.3 is 11.9 Å². The molecule has 30 heteroatoms. The van der Waals surface area contributed by atoms with Crippen LogP contribution >= 0.6 is 15.9 Å². The van der Waals surface area contributed by atoms with Gasteiger partial charge in [0.2, 0.25) is 27.7 Å². The van der Waals surface area contributed by atoms with Crippen LogP contribution in [0.3, 0.4) is 0 Å². The third-order valence-electron chi connectivity index (χ3n) is 25.1. The quantitative estimate of drug-likeness (QED) is 0.0395. The van der Waals surface area contributed by atoms with Crippen molar-refractivity contribution in [3.63, 3.8) is 0 Å². The number of carbonyl (C=O) groups is 4. The highest BCUT2D eigenvalue weighted by Crippen LogP contribution is 2.46. The molecule has 1 spiro atoms. The number of allylic oxidation sites excluding steroid dienone is 2. The van der Waals surface area contributed by atoms with E-state index in [4.69, 9.17) is 24.4 Å². The van der Waals surface area contributed by atoms with Crippen LogP contribution < -0.4 is 32.3 Å². The maximum atomic E-state index is 12.6. The van der Waals surface area contributed by atoms with Crippen LogP contribution in [0.25, 0.3) is 44.1 Å². The number of aromatic hydroxyl groups is 1. The van der Waals surface area contributed by atoms with Gasteiger partial charge in [0.15, 0.2) is 17.1 Å². The Balaban J connectivity index is 0.000000136. The standard InChI is InChI=1S/C26H31N5O2.C25H30N4O3.C22H25BrN4O3.C22H25N5O3/c1-4-8-20-14-21-9-13-30(24(21)28-15-20)17-26(10-6-7-11-26)18-31-16-19(3)23(32)22(29-31)25(33)27-12-5-2;1-4-8-19-13-20-9-12-28(23(20)26-14-19)16-25(10-6-7-11-25)17-29-15-18(3)22(30)21(27-29)24(31)32-5-2;1-3-30-21(29)18-19(28)15(2)12-27(25-18)14-22(7-4-5-8-22)13-26-9-6-16-10-17(23)11-24-20(16)26;28-17-13-26-14-22(7-2-3-8-22)27-10-6-16-11-15(12-24-20(16)27)5-1-4-9-23-21(30)18(25-26)19(17)29/h4-5,9,13-16H,1-2,6-8,10-12,17-18H2,3H3,(H,27,33);4,9,12-15H,1,5-8,10-11,16-17H2,2-3H3;6,9-12H,3-5,7-8,13-14H2,1-2H3;6,10-13,28H,1-5,7-9,14H2,(H,23,30). The predicted octanol–water partition coefficient (Wildman–Crippen LogP) is 14.3. The fraction of sp³-hybridized carbons (Fsp3) is 0.432. The number of esters is 2. The highest BCUT2D eigenvalue weighted by atomic mass is 79.9. The molecule has 3 N–H and O–H groups in total. The molecule has 6 bridgehead atoms. The highest BCUT2D eigenvalue weighted by Gasteiger charge is 2.41. The van der Waals surface area contributed by atoms with Crippen molar-refractivity contribution >= 4 is 83.8 Å². The SMILES string of the molecule is C=CCNC(=O)c1nn(CC2(Cn3ccc4cc(CC=C)cnc43)CCCC2)cc(C)c1=O.C=CCc1cnc2c(ccn2CC2(Cn3cc(C)c(=O)c(C(=O)OCC)n3)CCCC2)c1.CCOC(=O)c1nn(CC2(Cn3ccc4cc(Br)cnc43)CCCC2)cc(C)c1=O.O=C1NCCCCc2cnc3c(ccn3C3(CCCC3)Cn3cc(O)c(=O)c1n3)c2. The number of hydrogen-bond acceptors (Lipinski definition) is 19. The number of amides is 2. The number of aryl methyl sites for hydroxylation is 4. The lowest BCUT2D eigenvalue weighted by molar-refractivity contribution is 0.0503. The Morgan fingerprint density at radius 2 is 0.936 bits per heavy atom. The second-order valence-electron chi connectivity index (χ2n) is 34.5. The molecule has 29 nitrogen and oxygen atoms in total. The normalized spacial score (nSPS) is 16.1. The Morgan fingerprint density at radius 3 is 1.41 bits per heavy atom. The van der Waals surface area contributed by atoms with Gasteiger partial charge < -0.3 is 43.5 Å². The number of halogens is 1. The summed E-state index contributed by atoms with van der Waals surface area (Å²) >= 11 is 3.48. The van der Waals surface area contributed by atoms with E-state index in [1.165, 1.54) is 11.8 Å². The van der Waals surface area contributed by atoms with Gasteiger partial charge in [0.25, 0.3) is 17.2 Å². The molecule has 2 aliphatic heterocycles. The molecule has 12 aromatic heterocycles. The second kappa shape index (κ2) is 39.2. The lowest BCUT2D eigenvalue weighted by atomic mass is 9.86. The van der Waals surface area contributed by atoms with E-state index < -0.39 is 34.9 Å². The predicted molar refractivity (Wildman–Crippen MR) is 483 cm³/mol. The van der Waals surface area contributed by atoms with Crippen LogP contribution in [-0.2, 0) is 80.1 Å². The van der Waals surface area contributed by atoms with Crippen LogP contribution in [-0.4, -0.2) is 132 Å². The van der Waals surface area contributed by atoms with Gasteiger partial charge in [-0.1, -0.05) is 69.6 Å². The molecular formula is C95H111BrN18O11. The number of ether oxygens (including phenoxy) is 2. The Bertz CT molecular complexity index is 6270. The zero-order valence-corrected chi connectivity index (χ0v) is 73.7. The lowest BCUT2D eigenvalue weighted by Gasteiger charge is -2.32. The minimum atomic E-state index is -0.731. The Morgan fingerprint density at radius 1 is 0.504 bits per heavy atom. The summed E-state index contributed by atoms with van der Waals surface area (Å²) in [5.74, 6) is -2.78. The van der Waals surface area contributed by atoms with E-state index in [0.717, 1.165) is 214 Å². The molecule has 0 saturated heterocycles. The van der Waals surface area contributed by atoms with Gasteiger partial charge in [0, 0.05) is 179 Å². The summed E-state index contributed by atoms with van der Waals surface area (Å²) in [6, 6.07) is 17.0. The first-order valence-electron chi connectivity index (χ1n) is 43.6. The monoisotopic (exact) mass is 1760 g/mol. The summed E-state index contributed by atoms with van der Waals surface area (Å²) in [6.07, 6.45) is 49.4. The number of nitrogens with zero attached hydrogens (tertiary/aromatic N) is 16. The maximum Gasteiger partial charge on any atom is 0.362 e. The van der Waals surface area contributed by atoms with Gasteiger partial charge in [-0.15, -0.1) is 19.7 Å². The summed E-state index contributed by atoms with van der Waals surface area (Å²) in [5.41, 5.74) is 6.16. The van der Waals surface area contributed by atoms with E-state index in [1.54, 1.807) is 78.0 Å². The van der Waals surface area contributed by atoms with Crippen molar-refractivity contribution in [2.24, 2.45) is 16.2 Å². The van der Waals surface area contributed by atoms with Gasteiger partial charge in [0.05, 0.1) is 31.5 Å². The molecule has 125 heavy (non-hydrogen) atoms. The summed E-state index contributed by atoms with van der Waals surface area (Å²) in [4.78, 5) is 118. The molecule has 0 atom stereocenters. The summed E-state index contributed by atoms with van der Waals surface area (Å²) < 4.78 is 26.7. The fourth-order valence-corrected chi connectivity index (χ4v) is 19.4. The first kappa shape index (κ1) is 89.0. The summed E-state index contributed by atoms with van der Waals surface area (Å²) in [6.45, 7) is 25.8. The van der Waals surface area contributed by atoms with Crippen molar-refractivity contribution in [2.75, 3.05) is 26.3 Å². The van der Waals surface area contributed by atoms with Gasteiger partial charge in [0.1, 0.15) is 22.6 Å². The summed E-state index contributed by atoms with van der Waals surface area (Å²) in [5, 5.41) is 37.6. The third kappa shape index (κ3) is 20.4. The number of rotatable bonds is 23. The van der Waals surface area contributed by atoms with Crippen LogP contribution in [0.2, 0.25) is 0 Å². The molecular weight excluding hydrogens is 1650 g/mol. The van der Waals surface area contributed by atoms with Crippen molar-refractivity contribution in [1.29, 1.82) is 0 Å². The summed E-state index contributed by atoms with van der Waals surface area (Å²) in [7, 11) is 0. The smallest absolute Gasteiger partial charge is 0.362 e. The molecule has 18 rings (SSSR count). The molecule has 0 aromatic carbocycles. The Kier molecular flexibility index (Phi) is 27.9. The van der Waals surface area contributed by atoms with Crippen molar-refractivity contribution < 1.29 is 33.8 Å². The van der Waals surface area contributed by atoms with E-state index in [1.807, 2.05) is 36.9 Å². The van der Waals surface area contributed by atoms with Gasteiger partial charge in [-0.05, 0) is 199 Å². The van der Waals surface area contributed by atoms with Gasteiger partial charge in [-0.25, -0.2) is 29.5 Å². The second-order valence-corrected chi connectivity index (χ2v) is 35.4. The average Bonchev–Trinajstić information content (AvgIpc) is 1.62. The molecule has 14 heterocycles. The number of hydrogen-bond donors (Lipinski definition) is 3. The van der Waals surface area contributed by atoms with E-state index in [-0.39, 0.29) is 74.1 Å². The van der Waals surface area contributed by atoms with Crippen molar-refractivity contribution in [1.82, 2.24) is 88.0 Å². The number of nitrogens with one attached hydrogen (secondary N) is 2. The molecule has 6 aliphatic rings. The topological polar surface area (TPSA) is 342 Å². The molecule has 2 amide bonds. The molecule has 12 aromatic rings. The molecule has 4 fully saturated rings. The van der Waals surface area contributed by atoms with Crippen LogP contribution in [0.15, 0.2) is 185 Å². The number of fused-ring (bicyclic) bond motifs is 9. The van der Waals surface area contributed by atoms with Gasteiger partial charge in [-0.2, -0.15) is 20.4 Å². The lowest BCUT2D eigenvalue weighted by Crippen LogP contribution is -2.38. The average molecular weight is 1760 g/mol. The van der Waals surface area contributed by atoms with Crippen molar-refractivity contribution in [3.05, 3.63) is 262 Å². The Hall–Kier alpha value is -12.3. The number of pyridine rings is 4. The van der Waals surface area contributed by atoms with Crippen molar-refractivity contribution in [3.8, 4) is 5.75 Å². The van der Waals surface area contributed by atoms with Crippen LogP contribution in [0, 0.1) is 37.0 Å².